The van der Waals surface area contributed by atoms with Crippen molar-refractivity contribution in [1.82, 2.24) is 4.90 Å². The molecule has 3 nitrogen and oxygen atoms in total. The Hall–Kier alpha value is -0.410. The van der Waals surface area contributed by atoms with Gasteiger partial charge in [0.2, 0.25) is 0 Å². The van der Waals surface area contributed by atoms with Crippen molar-refractivity contribution >= 4 is 5.78 Å². The van der Waals surface area contributed by atoms with Crippen LogP contribution >= 0.6 is 0 Å². The van der Waals surface area contributed by atoms with E-state index >= 15 is 0 Å². The van der Waals surface area contributed by atoms with Gasteiger partial charge in [0.15, 0.2) is 5.78 Å². The van der Waals surface area contributed by atoms with Crippen LogP contribution in [0.25, 0.3) is 0 Å². The average molecular weight is 293 g/mol. The van der Waals surface area contributed by atoms with E-state index in [9.17, 15) is 4.79 Å². The Morgan fingerprint density at radius 3 is 1.90 bits per heavy atom. The summed E-state index contributed by atoms with van der Waals surface area (Å²) < 4.78 is 5.41. The fourth-order valence-corrected chi connectivity index (χ4v) is 4.48. The summed E-state index contributed by atoms with van der Waals surface area (Å²) in [5.74, 6) is 0.628. The first-order valence-electron chi connectivity index (χ1n) is 9.21. The van der Waals surface area contributed by atoms with Crippen molar-refractivity contribution in [2.75, 3.05) is 19.8 Å². The molecule has 3 heteroatoms. The van der Waals surface area contributed by atoms with Gasteiger partial charge in [-0.05, 0) is 32.1 Å². The van der Waals surface area contributed by atoms with E-state index in [1.165, 1.54) is 64.2 Å². The predicted molar refractivity (Wildman–Crippen MR) is 84.4 cm³/mol. The summed E-state index contributed by atoms with van der Waals surface area (Å²) in [7, 11) is 0. The lowest BCUT2D eigenvalue weighted by atomic mass is 9.88. The van der Waals surface area contributed by atoms with Gasteiger partial charge in [0.25, 0.3) is 0 Å². The molecule has 3 fully saturated rings. The van der Waals surface area contributed by atoms with Crippen LogP contribution in [-0.4, -0.2) is 42.5 Å². The van der Waals surface area contributed by atoms with Gasteiger partial charge in [0, 0.05) is 24.6 Å². The molecule has 1 unspecified atom stereocenters. The van der Waals surface area contributed by atoms with E-state index in [-0.39, 0.29) is 5.92 Å². The van der Waals surface area contributed by atoms with Crippen LogP contribution < -0.4 is 0 Å². The number of ether oxygens (including phenoxy) is 1. The Labute approximate surface area is 129 Å². The molecule has 2 saturated carbocycles. The van der Waals surface area contributed by atoms with Gasteiger partial charge in [-0.1, -0.05) is 38.5 Å². The van der Waals surface area contributed by atoms with Gasteiger partial charge in [-0.2, -0.15) is 0 Å². The van der Waals surface area contributed by atoms with Crippen LogP contribution in [0.2, 0.25) is 0 Å². The summed E-state index contributed by atoms with van der Waals surface area (Å²) in [5.41, 5.74) is 0. The predicted octanol–water partition coefficient (Wildman–Crippen LogP) is 3.56. The van der Waals surface area contributed by atoms with Crippen molar-refractivity contribution in [2.24, 2.45) is 5.92 Å². The van der Waals surface area contributed by atoms with Crippen LogP contribution in [0.4, 0.5) is 0 Å². The van der Waals surface area contributed by atoms with Gasteiger partial charge in [0.1, 0.15) is 0 Å². The topological polar surface area (TPSA) is 29.5 Å². The molecule has 3 aliphatic rings. The Balaban J connectivity index is 1.63. The fraction of sp³-hybridized carbons (Fsp3) is 0.944. The zero-order valence-corrected chi connectivity index (χ0v) is 13.4. The van der Waals surface area contributed by atoms with Crippen LogP contribution in [-0.2, 0) is 9.53 Å². The van der Waals surface area contributed by atoms with Crippen molar-refractivity contribution in [3.8, 4) is 0 Å². The van der Waals surface area contributed by atoms with Crippen molar-refractivity contribution in [2.45, 2.75) is 82.7 Å². The molecule has 0 aromatic carbocycles. The van der Waals surface area contributed by atoms with Crippen LogP contribution in [0, 0.1) is 5.92 Å². The minimum absolute atomic E-state index is 0.180. The Kier molecular flexibility index (Phi) is 5.70. The molecule has 21 heavy (non-hydrogen) atoms. The lowest BCUT2D eigenvalue weighted by Gasteiger charge is -2.41. The summed E-state index contributed by atoms with van der Waals surface area (Å²) in [6.07, 6.45) is 14.4. The number of carbonyl (C=O) groups is 1. The molecule has 1 atom stereocenters. The normalized spacial score (nSPS) is 29.1. The van der Waals surface area contributed by atoms with Crippen molar-refractivity contribution < 1.29 is 9.53 Å². The second-order valence-electron chi connectivity index (χ2n) is 7.28. The van der Waals surface area contributed by atoms with E-state index in [1.807, 2.05) is 0 Å². The monoisotopic (exact) mass is 293 g/mol. The second kappa shape index (κ2) is 7.73. The number of hydrogen-bond donors (Lipinski definition) is 0. The highest BCUT2D eigenvalue weighted by Crippen LogP contribution is 2.30. The Bertz CT molecular complexity index is 308. The smallest absolute Gasteiger partial charge is 0.152 e. The fourth-order valence-electron chi connectivity index (χ4n) is 4.48. The molecule has 1 saturated heterocycles. The Morgan fingerprint density at radius 2 is 1.43 bits per heavy atom. The minimum atomic E-state index is 0.180. The standard InChI is InChI=1S/C18H31NO2/c20-18(15-11-12-21-14-15)13-19(16-7-3-1-4-8-16)17-9-5-2-6-10-17/h15-17H,1-14H2. The number of hydrogen-bond acceptors (Lipinski definition) is 3. The molecule has 0 aromatic heterocycles. The summed E-state index contributed by atoms with van der Waals surface area (Å²) in [6.45, 7) is 2.15. The quantitative estimate of drug-likeness (QED) is 0.776. The lowest BCUT2D eigenvalue weighted by Crippen LogP contribution is -2.48. The molecule has 120 valence electrons. The van der Waals surface area contributed by atoms with Crippen molar-refractivity contribution in [3.05, 3.63) is 0 Å². The molecule has 1 heterocycles. The van der Waals surface area contributed by atoms with E-state index in [2.05, 4.69) is 4.90 Å². The summed E-state index contributed by atoms with van der Waals surface area (Å²) >= 11 is 0. The highest BCUT2D eigenvalue weighted by molar-refractivity contribution is 5.83. The molecule has 0 radical (unpaired) electrons. The third-order valence-corrected chi connectivity index (χ3v) is 5.81. The number of carbonyl (C=O) groups excluding carboxylic acids is 1. The first-order valence-corrected chi connectivity index (χ1v) is 9.21. The maximum Gasteiger partial charge on any atom is 0.152 e. The molecule has 0 amide bonds. The molecule has 0 bridgehead atoms. The zero-order valence-electron chi connectivity index (χ0n) is 13.4. The van der Waals surface area contributed by atoms with E-state index in [0.717, 1.165) is 13.0 Å². The van der Waals surface area contributed by atoms with E-state index in [4.69, 9.17) is 4.74 Å². The highest BCUT2D eigenvalue weighted by atomic mass is 16.5. The zero-order chi connectivity index (χ0) is 14.5. The maximum atomic E-state index is 12.6. The maximum absolute atomic E-state index is 12.6. The van der Waals surface area contributed by atoms with Crippen LogP contribution in [0.5, 0.6) is 0 Å². The van der Waals surface area contributed by atoms with Gasteiger partial charge in [-0.3, -0.25) is 9.69 Å². The third kappa shape index (κ3) is 4.07. The summed E-state index contributed by atoms with van der Waals surface area (Å²) in [4.78, 5) is 15.2. The molecule has 1 aliphatic heterocycles. The van der Waals surface area contributed by atoms with Crippen LogP contribution in [0.15, 0.2) is 0 Å². The number of rotatable bonds is 5. The first kappa shape index (κ1) is 15.5. The number of nitrogens with zero attached hydrogens (tertiary/aromatic N) is 1. The van der Waals surface area contributed by atoms with Crippen LogP contribution in [0.3, 0.4) is 0 Å². The largest absolute Gasteiger partial charge is 0.381 e. The van der Waals surface area contributed by atoms with E-state index in [1.54, 1.807) is 0 Å². The molecular weight excluding hydrogens is 262 g/mol. The average Bonchev–Trinajstić information content (AvgIpc) is 3.09. The number of ketones is 1. The SMILES string of the molecule is O=C(CN(C1CCCCC1)C1CCCCC1)C1CCOC1. The molecular formula is C18H31NO2. The van der Waals surface area contributed by atoms with Gasteiger partial charge in [-0.15, -0.1) is 0 Å². The van der Waals surface area contributed by atoms with Gasteiger partial charge >= 0.3 is 0 Å². The minimum Gasteiger partial charge on any atom is -0.381 e. The molecule has 0 spiro atoms. The van der Waals surface area contributed by atoms with Gasteiger partial charge < -0.3 is 4.74 Å². The Morgan fingerprint density at radius 1 is 0.857 bits per heavy atom. The van der Waals surface area contributed by atoms with E-state index in [0.29, 0.717) is 31.0 Å². The molecule has 0 N–H and O–H groups in total. The van der Waals surface area contributed by atoms with Crippen molar-refractivity contribution in [1.29, 1.82) is 0 Å². The lowest BCUT2D eigenvalue weighted by molar-refractivity contribution is -0.125. The first-order chi connectivity index (χ1) is 10.3. The third-order valence-electron chi connectivity index (χ3n) is 5.81. The molecule has 0 aromatic rings. The van der Waals surface area contributed by atoms with Crippen molar-refractivity contribution in [3.63, 3.8) is 0 Å². The highest BCUT2D eigenvalue weighted by Gasteiger charge is 2.32. The van der Waals surface area contributed by atoms with Gasteiger partial charge in [-0.25, -0.2) is 0 Å². The number of Topliss-reactive ketones (excluding diaryl/α,β-unsaturated/α-hetero) is 1. The van der Waals surface area contributed by atoms with Crippen LogP contribution in [0.1, 0.15) is 70.6 Å². The second-order valence-corrected chi connectivity index (χ2v) is 7.28. The summed E-state index contributed by atoms with van der Waals surface area (Å²) in [5, 5.41) is 0. The molecule has 3 rings (SSSR count). The summed E-state index contributed by atoms with van der Waals surface area (Å²) in [6, 6.07) is 1.35. The van der Waals surface area contributed by atoms with Gasteiger partial charge in [0.05, 0.1) is 13.2 Å². The molecule has 2 aliphatic carbocycles. The van der Waals surface area contributed by atoms with E-state index < -0.39 is 0 Å².